The quantitative estimate of drug-likeness (QED) is 0.308. The van der Waals surface area contributed by atoms with Crippen LogP contribution in [0.3, 0.4) is 0 Å². The number of ether oxygens (including phenoxy) is 1. The Kier molecular flexibility index (Phi) is 17.3. The zero-order valence-corrected chi connectivity index (χ0v) is 15.4. The number of rotatable bonds is 17. The summed E-state index contributed by atoms with van der Waals surface area (Å²) in [5.74, 6) is -0.255. The van der Waals surface area contributed by atoms with Crippen molar-refractivity contribution in [3.63, 3.8) is 0 Å². The molecule has 4 nitrogen and oxygen atoms in total. The SMILES string of the molecule is CCCCCCCCCCCCCOC(=O)[C@@H](N)CCCCN. The van der Waals surface area contributed by atoms with Crippen molar-refractivity contribution in [1.82, 2.24) is 0 Å². The maximum Gasteiger partial charge on any atom is 0.322 e. The molecule has 0 fully saturated rings. The molecule has 0 unspecified atom stereocenters. The first-order valence-corrected chi connectivity index (χ1v) is 9.84. The molecule has 0 aliphatic rings. The molecule has 0 rings (SSSR count). The van der Waals surface area contributed by atoms with Gasteiger partial charge in [-0.05, 0) is 25.8 Å². The minimum Gasteiger partial charge on any atom is -0.465 e. The number of nitrogens with two attached hydrogens (primary N) is 2. The first kappa shape index (κ1) is 22.4. The number of hydrogen-bond acceptors (Lipinski definition) is 4. The second kappa shape index (κ2) is 17.7. The summed E-state index contributed by atoms with van der Waals surface area (Å²) in [6, 6.07) is -0.478. The lowest BCUT2D eigenvalue weighted by Crippen LogP contribution is -2.32. The van der Waals surface area contributed by atoms with E-state index in [9.17, 15) is 4.79 Å². The highest BCUT2D eigenvalue weighted by atomic mass is 16.5. The fourth-order valence-corrected chi connectivity index (χ4v) is 2.67. The second-order valence-corrected chi connectivity index (χ2v) is 6.59. The molecule has 0 bridgehead atoms. The van der Waals surface area contributed by atoms with Crippen molar-refractivity contribution in [2.24, 2.45) is 11.5 Å². The van der Waals surface area contributed by atoms with Gasteiger partial charge in [-0.1, -0.05) is 77.6 Å². The van der Waals surface area contributed by atoms with Crippen molar-refractivity contribution in [3.05, 3.63) is 0 Å². The van der Waals surface area contributed by atoms with Crippen LogP contribution in [0.1, 0.15) is 96.8 Å². The summed E-state index contributed by atoms with van der Waals surface area (Å²) in [5.41, 5.74) is 11.2. The molecule has 0 aromatic heterocycles. The van der Waals surface area contributed by atoms with Crippen LogP contribution in [0.25, 0.3) is 0 Å². The zero-order valence-electron chi connectivity index (χ0n) is 15.4. The van der Waals surface area contributed by atoms with E-state index in [2.05, 4.69) is 6.92 Å². The van der Waals surface area contributed by atoms with Crippen molar-refractivity contribution < 1.29 is 9.53 Å². The summed E-state index contributed by atoms with van der Waals surface area (Å²) in [6.45, 7) is 3.42. The predicted molar refractivity (Wildman–Crippen MR) is 98.3 cm³/mol. The Balaban J connectivity index is 3.24. The first-order chi connectivity index (χ1) is 11.2. The maximum absolute atomic E-state index is 11.6. The van der Waals surface area contributed by atoms with Crippen LogP contribution in [-0.4, -0.2) is 25.2 Å². The molecular weight excluding hydrogens is 288 g/mol. The molecule has 4 N–H and O–H groups in total. The van der Waals surface area contributed by atoms with Gasteiger partial charge in [0.05, 0.1) is 6.61 Å². The van der Waals surface area contributed by atoms with Gasteiger partial charge >= 0.3 is 5.97 Å². The van der Waals surface area contributed by atoms with Crippen LogP contribution in [0.2, 0.25) is 0 Å². The van der Waals surface area contributed by atoms with Crippen LogP contribution in [0.4, 0.5) is 0 Å². The van der Waals surface area contributed by atoms with E-state index in [1.807, 2.05) is 0 Å². The van der Waals surface area contributed by atoms with Gasteiger partial charge in [0.2, 0.25) is 0 Å². The third-order valence-electron chi connectivity index (χ3n) is 4.26. The maximum atomic E-state index is 11.6. The van der Waals surface area contributed by atoms with E-state index in [1.165, 1.54) is 57.8 Å². The Bertz CT molecular complexity index is 260. The lowest BCUT2D eigenvalue weighted by Gasteiger charge is -2.11. The fourth-order valence-electron chi connectivity index (χ4n) is 2.67. The van der Waals surface area contributed by atoms with Gasteiger partial charge in [0.25, 0.3) is 0 Å². The standard InChI is InChI=1S/C19H40N2O2/c1-2-3-4-5-6-7-8-9-10-11-14-17-23-19(22)18(21)15-12-13-16-20/h18H,2-17,20-21H2,1H3/t18-/m0/s1. The van der Waals surface area contributed by atoms with Gasteiger partial charge in [-0.3, -0.25) is 4.79 Å². The zero-order chi connectivity index (χ0) is 17.2. The molecule has 0 amide bonds. The molecule has 23 heavy (non-hydrogen) atoms. The Morgan fingerprint density at radius 1 is 0.826 bits per heavy atom. The summed E-state index contributed by atoms with van der Waals surface area (Å²) >= 11 is 0. The topological polar surface area (TPSA) is 78.3 Å². The van der Waals surface area contributed by atoms with Gasteiger partial charge < -0.3 is 16.2 Å². The summed E-state index contributed by atoms with van der Waals surface area (Å²) in [5, 5.41) is 0. The summed E-state index contributed by atoms with van der Waals surface area (Å²) in [4.78, 5) is 11.6. The van der Waals surface area contributed by atoms with Gasteiger partial charge in [0.1, 0.15) is 6.04 Å². The molecule has 0 saturated carbocycles. The van der Waals surface area contributed by atoms with Crippen molar-refractivity contribution in [1.29, 1.82) is 0 Å². The summed E-state index contributed by atoms with van der Waals surface area (Å²) in [7, 11) is 0. The van der Waals surface area contributed by atoms with E-state index >= 15 is 0 Å². The highest BCUT2D eigenvalue weighted by molar-refractivity contribution is 5.75. The molecule has 0 aromatic rings. The van der Waals surface area contributed by atoms with Gasteiger partial charge in [-0.15, -0.1) is 0 Å². The van der Waals surface area contributed by atoms with E-state index in [1.54, 1.807) is 0 Å². The highest BCUT2D eigenvalue weighted by Crippen LogP contribution is 2.11. The molecule has 0 aromatic carbocycles. The van der Waals surface area contributed by atoms with Crippen LogP contribution in [0.15, 0.2) is 0 Å². The summed E-state index contributed by atoms with van der Waals surface area (Å²) < 4.78 is 5.22. The van der Waals surface area contributed by atoms with Crippen molar-refractivity contribution in [2.75, 3.05) is 13.2 Å². The molecule has 4 heteroatoms. The molecule has 0 heterocycles. The molecule has 0 spiro atoms. The van der Waals surface area contributed by atoms with E-state index in [-0.39, 0.29) is 5.97 Å². The average molecular weight is 329 g/mol. The lowest BCUT2D eigenvalue weighted by atomic mass is 10.1. The lowest BCUT2D eigenvalue weighted by molar-refractivity contribution is -0.145. The number of hydrogen-bond donors (Lipinski definition) is 2. The number of unbranched alkanes of at least 4 members (excludes halogenated alkanes) is 11. The monoisotopic (exact) mass is 328 g/mol. The van der Waals surface area contributed by atoms with Crippen LogP contribution < -0.4 is 11.5 Å². The van der Waals surface area contributed by atoms with Gasteiger partial charge in [-0.2, -0.15) is 0 Å². The molecule has 0 aliphatic heterocycles. The second-order valence-electron chi connectivity index (χ2n) is 6.59. The molecule has 1 atom stereocenters. The molecule has 0 aliphatic carbocycles. The Hall–Kier alpha value is -0.610. The molecule has 138 valence electrons. The van der Waals surface area contributed by atoms with E-state index in [0.29, 0.717) is 19.6 Å². The van der Waals surface area contributed by atoms with E-state index in [0.717, 1.165) is 25.7 Å². The number of carbonyl (C=O) groups excluding carboxylic acids is 1. The smallest absolute Gasteiger partial charge is 0.322 e. The third kappa shape index (κ3) is 16.0. The minimum atomic E-state index is -0.478. The molecular formula is C19H40N2O2. The van der Waals surface area contributed by atoms with E-state index < -0.39 is 6.04 Å². The fraction of sp³-hybridized carbons (Fsp3) is 0.947. The van der Waals surface area contributed by atoms with Gasteiger partial charge in [0, 0.05) is 0 Å². The number of carbonyl (C=O) groups is 1. The molecule has 0 radical (unpaired) electrons. The van der Waals surface area contributed by atoms with Crippen LogP contribution in [0, 0.1) is 0 Å². The molecule has 0 saturated heterocycles. The van der Waals surface area contributed by atoms with Crippen LogP contribution in [0.5, 0.6) is 0 Å². The Morgan fingerprint density at radius 3 is 1.87 bits per heavy atom. The Labute approximate surface area is 143 Å². The highest BCUT2D eigenvalue weighted by Gasteiger charge is 2.13. The van der Waals surface area contributed by atoms with Crippen LogP contribution >= 0.6 is 0 Å². The van der Waals surface area contributed by atoms with Gasteiger partial charge in [0.15, 0.2) is 0 Å². The average Bonchev–Trinajstić information content (AvgIpc) is 2.55. The summed E-state index contributed by atoms with van der Waals surface area (Å²) in [6.07, 6.45) is 16.7. The normalized spacial score (nSPS) is 12.3. The first-order valence-electron chi connectivity index (χ1n) is 9.84. The minimum absolute atomic E-state index is 0.255. The van der Waals surface area contributed by atoms with Crippen molar-refractivity contribution in [2.45, 2.75) is 103 Å². The third-order valence-corrected chi connectivity index (χ3v) is 4.26. The van der Waals surface area contributed by atoms with Crippen molar-refractivity contribution >= 4 is 5.97 Å². The largest absolute Gasteiger partial charge is 0.465 e. The van der Waals surface area contributed by atoms with Crippen LogP contribution in [-0.2, 0) is 9.53 Å². The number of esters is 1. The van der Waals surface area contributed by atoms with Gasteiger partial charge in [-0.25, -0.2) is 0 Å². The van der Waals surface area contributed by atoms with Crippen molar-refractivity contribution in [3.8, 4) is 0 Å². The predicted octanol–water partition coefficient (Wildman–Crippen LogP) is 4.30. The Morgan fingerprint density at radius 2 is 1.35 bits per heavy atom. The van der Waals surface area contributed by atoms with E-state index in [4.69, 9.17) is 16.2 Å².